The molecule has 20 heavy (non-hydrogen) atoms. The smallest absolute Gasteiger partial charge is 0.128 e. The Labute approximate surface area is 117 Å². The van der Waals surface area contributed by atoms with Crippen LogP contribution in [0.3, 0.4) is 0 Å². The Kier molecular flexibility index (Phi) is 5.21. The maximum atomic E-state index is 13.6. The second-order valence-electron chi connectivity index (χ2n) is 4.54. The average molecular weight is 277 g/mol. The molecule has 1 N–H and O–H groups in total. The number of benzene rings is 2. The predicted molar refractivity (Wildman–Crippen MR) is 74.1 cm³/mol. The second kappa shape index (κ2) is 7.12. The summed E-state index contributed by atoms with van der Waals surface area (Å²) in [6.45, 7) is 0.917. The minimum Gasteiger partial charge on any atom is -0.372 e. The summed E-state index contributed by atoms with van der Waals surface area (Å²) in [5.41, 5.74) is 1.94. The normalized spacial score (nSPS) is 10.8. The van der Waals surface area contributed by atoms with Crippen LogP contribution >= 0.6 is 0 Å². The van der Waals surface area contributed by atoms with Crippen LogP contribution in [-0.2, 0) is 24.5 Å². The molecule has 2 aromatic carbocycles. The first-order chi connectivity index (χ1) is 9.70. The Hall–Kier alpha value is -1.78. The van der Waals surface area contributed by atoms with Crippen molar-refractivity contribution in [1.29, 1.82) is 0 Å². The minimum atomic E-state index is -0.308. The van der Waals surface area contributed by atoms with E-state index in [-0.39, 0.29) is 24.8 Å². The number of hydrogen-bond donors (Lipinski definition) is 1. The quantitative estimate of drug-likeness (QED) is 0.873. The summed E-state index contributed by atoms with van der Waals surface area (Å²) < 4.78 is 32.4. The lowest BCUT2D eigenvalue weighted by atomic mass is 10.1. The SMILES string of the molecule is CNCc1ccc(F)c(COCc2ccccc2F)c1. The molecule has 0 heterocycles. The third-order valence-corrected chi connectivity index (χ3v) is 2.96. The van der Waals surface area contributed by atoms with Gasteiger partial charge in [-0.1, -0.05) is 24.3 Å². The van der Waals surface area contributed by atoms with E-state index in [1.807, 2.05) is 7.05 Å². The van der Waals surface area contributed by atoms with E-state index in [1.165, 1.54) is 12.1 Å². The molecule has 4 heteroatoms. The van der Waals surface area contributed by atoms with Crippen LogP contribution in [0.25, 0.3) is 0 Å². The Morgan fingerprint density at radius 2 is 1.65 bits per heavy atom. The van der Waals surface area contributed by atoms with Gasteiger partial charge < -0.3 is 10.1 Å². The maximum absolute atomic E-state index is 13.6. The molecule has 0 fully saturated rings. The van der Waals surface area contributed by atoms with Crippen molar-refractivity contribution in [1.82, 2.24) is 5.32 Å². The first-order valence-corrected chi connectivity index (χ1v) is 6.43. The molecule has 0 spiro atoms. The second-order valence-corrected chi connectivity index (χ2v) is 4.54. The average Bonchev–Trinajstić information content (AvgIpc) is 2.44. The van der Waals surface area contributed by atoms with Gasteiger partial charge in [0, 0.05) is 17.7 Å². The summed E-state index contributed by atoms with van der Waals surface area (Å²) in [6.07, 6.45) is 0. The molecule has 106 valence electrons. The fourth-order valence-corrected chi connectivity index (χ4v) is 1.94. The van der Waals surface area contributed by atoms with Crippen molar-refractivity contribution in [2.75, 3.05) is 7.05 Å². The molecule has 0 atom stereocenters. The molecular weight excluding hydrogens is 260 g/mol. The Bertz CT molecular complexity index is 572. The van der Waals surface area contributed by atoms with E-state index in [2.05, 4.69) is 5.32 Å². The van der Waals surface area contributed by atoms with Gasteiger partial charge in [0.15, 0.2) is 0 Å². The Morgan fingerprint density at radius 3 is 2.40 bits per heavy atom. The van der Waals surface area contributed by atoms with Gasteiger partial charge in [-0.05, 0) is 30.8 Å². The van der Waals surface area contributed by atoms with Crippen molar-refractivity contribution in [3.63, 3.8) is 0 Å². The number of ether oxygens (including phenoxy) is 1. The van der Waals surface area contributed by atoms with E-state index < -0.39 is 0 Å². The van der Waals surface area contributed by atoms with E-state index in [4.69, 9.17) is 4.74 Å². The number of rotatable bonds is 6. The van der Waals surface area contributed by atoms with Crippen molar-refractivity contribution in [3.8, 4) is 0 Å². The summed E-state index contributed by atoms with van der Waals surface area (Å²) >= 11 is 0. The molecule has 0 saturated carbocycles. The van der Waals surface area contributed by atoms with Gasteiger partial charge in [0.25, 0.3) is 0 Å². The van der Waals surface area contributed by atoms with Gasteiger partial charge in [0.1, 0.15) is 11.6 Å². The van der Waals surface area contributed by atoms with Gasteiger partial charge in [-0.15, -0.1) is 0 Å². The molecule has 2 rings (SSSR count). The van der Waals surface area contributed by atoms with Crippen LogP contribution in [0.15, 0.2) is 42.5 Å². The zero-order chi connectivity index (χ0) is 14.4. The zero-order valence-corrected chi connectivity index (χ0v) is 11.3. The highest BCUT2D eigenvalue weighted by molar-refractivity contribution is 5.24. The summed E-state index contributed by atoms with van der Waals surface area (Å²) in [7, 11) is 1.83. The molecule has 0 radical (unpaired) electrons. The molecular formula is C16H17F2NO. The van der Waals surface area contributed by atoms with E-state index in [9.17, 15) is 8.78 Å². The predicted octanol–water partition coefficient (Wildman–Crippen LogP) is 3.40. The van der Waals surface area contributed by atoms with Gasteiger partial charge in [-0.3, -0.25) is 0 Å². The van der Waals surface area contributed by atoms with Gasteiger partial charge in [-0.2, -0.15) is 0 Å². The minimum absolute atomic E-state index is 0.123. The lowest BCUT2D eigenvalue weighted by Gasteiger charge is -2.08. The van der Waals surface area contributed by atoms with Gasteiger partial charge in [0.05, 0.1) is 13.2 Å². The highest BCUT2D eigenvalue weighted by Crippen LogP contribution is 2.14. The van der Waals surface area contributed by atoms with Crippen molar-refractivity contribution >= 4 is 0 Å². The first-order valence-electron chi connectivity index (χ1n) is 6.43. The van der Waals surface area contributed by atoms with Crippen LogP contribution in [-0.4, -0.2) is 7.05 Å². The molecule has 0 saturated heterocycles. The van der Waals surface area contributed by atoms with E-state index in [0.717, 1.165) is 5.56 Å². The topological polar surface area (TPSA) is 21.3 Å². The zero-order valence-electron chi connectivity index (χ0n) is 11.3. The molecule has 0 aliphatic rings. The van der Waals surface area contributed by atoms with Gasteiger partial charge >= 0.3 is 0 Å². The van der Waals surface area contributed by atoms with E-state index in [0.29, 0.717) is 17.7 Å². The molecule has 2 aromatic rings. The Balaban J connectivity index is 1.97. The largest absolute Gasteiger partial charge is 0.372 e. The van der Waals surface area contributed by atoms with Crippen LogP contribution in [0, 0.1) is 11.6 Å². The first kappa shape index (κ1) is 14.6. The number of halogens is 2. The maximum Gasteiger partial charge on any atom is 0.128 e. The fourth-order valence-electron chi connectivity index (χ4n) is 1.94. The van der Waals surface area contributed by atoms with Crippen LogP contribution in [0.5, 0.6) is 0 Å². The summed E-state index contributed by atoms with van der Waals surface area (Å²) in [6, 6.07) is 11.3. The third kappa shape index (κ3) is 3.85. The van der Waals surface area contributed by atoms with Crippen LogP contribution in [0.1, 0.15) is 16.7 Å². The van der Waals surface area contributed by atoms with Gasteiger partial charge in [0.2, 0.25) is 0 Å². The lowest BCUT2D eigenvalue weighted by Crippen LogP contribution is -2.06. The molecule has 2 nitrogen and oxygen atoms in total. The lowest BCUT2D eigenvalue weighted by molar-refractivity contribution is 0.102. The third-order valence-electron chi connectivity index (χ3n) is 2.96. The fraction of sp³-hybridized carbons (Fsp3) is 0.250. The van der Waals surface area contributed by atoms with Crippen molar-refractivity contribution in [2.45, 2.75) is 19.8 Å². The Morgan fingerprint density at radius 1 is 0.950 bits per heavy atom. The van der Waals surface area contributed by atoms with Crippen LogP contribution in [0.2, 0.25) is 0 Å². The summed E-state index contributed by atoms with van der Waals surface area (Å²) in [5.74, 6) is -0.615. The number of hydrogen-bond acceptors (Lipinski definition) is 2. The number of nitrogens with one attached hydrogen (secondary N) is 1. The highest BCUT2D eigenvalue weighted by Gasteiger charge is 2.05. The van der Waals surface area contributed by atoms with Crippen molar-refractivity contribution < 1.29 is 13.5 Å². The van der Waals surface area contributed by atoms with Crippen LogP contribution in [0.4, 0.5) is 8.78 Å². The molecule has 0 aliphatic heterocycles. The van der Waals surface area contributed by atoms with Crippen LogP contribution < -0.4 is 5.32 Å². The van der Waals surface area contributed by atoms with Crippen molar-refractivity contribution in [3.05, 3.63) is 70.8 Å². The van der Waals surface area contributed by atoms with E-state index >= 15 is 0 Å². The molecule has 0 amide bonds. The molecule has 0 aromatic heterocycles. The van der Waals surface area contributed by atoms with Crippen molar-refractivity contribution in [2.24, 2.45) is 0 Å². The standard InChI is InChI=1S/C16H17F2NO/c1-19-9-12-6-7-16(18)14(8-12)11-20-10-13-4-2-3-5-15(13)17/h2-8,19H,9-11H2,1H3. The van der Waals surface area contributed by atoms with E-state index in [1.54, 1.807) is 30.3 Å². The summed E-state index contributed by atoms with van der Waals surface area (Å²) in [5, 5.41) is 3.01. The monoisotopic (exact) mass is 277 g/mol. The molecule has 0 bridgehead atoms. The van der Waals surface area contributed by atoms with Gasteiger partial charge in [-0.25, -0.2) is 8.78 Å². The molecule has 0 aliphatic carbocycles. The molecule has 0 unspecified atom stereocenters. The summed E-state index contributed by atoms with van der Waals surface area (Å²) in [4.78, 5) is 0. The highest BCUT2D eigenvalue weighted by atomic mass is 19.1.